The van der Waals surface area contributed by atoms with Gasteiger partial charge < -0.3 is 0 Å². The van der Waals surface area contributed by atoms with Crippen LogP contribution in [0.2, 0.25) is 0 Å². The van der Waals surface area contributed by atoms with Crippen LogP contribution in [0, 0.1) is 0 Å². The maximum Gasteiger partial charge on any atom is 0.0361 e. The highest BCUT2D eigenvalue weighted by atomic mass is 32.1. The number of benzene rings is 3. The number of fused-ring (bicyclic) bond motifs is 3. The maximum atomic E-state index is 2.34. The third-order valence-corrected chi connectivity index (χ3v) is 6.45. The third-order valence-electron chi connectivity index (χ3n) is 5.32. The molecule has 4 aromatic rings. The topological polar surface area (TPSA) is 0 Å². The Kier molecular flexibility index (Phi) is 4.20. The largest absolute Gasteiger partial charge is 0.135 e. The molecular formula is C26H28S. The van der Waals surface area contributed by atoms with Gasteiger partial charge in [0.05, 0.1) is 0 Å². The van der Waals surface area contributed by atoms with Crippen LogP contribution < -0.4 is 0 Å². The predicted molar refractivity (Wildman–Crippen MR) is 122 cm³/mol. The van der Waals surface area contributed by atoms with Crippen LogP contribution in [-0.4, -0.2) is 0 Å². The zero-order valence-electron chi connectivity index (χ0n) is 17.2. The van der Waals surface area contributed by atoms with Gasteiger partial charge in [-0.25, -0.2) is 0 Å². The Morgan fingerprint density at radius 1 is 0.593 bits per heavy atom. The first-order valence-corrected chi connectivity index (χ1v) is 10.5. The van der Waals surface area contributed by atoms with Crippen molar-refractivity contribution in [2.24, 2.45) is 0 Å². The Labute approximate surface area is 166 Å². The molecule has 0 unspecified atom stereocenters. The molecule has 0 saturated carbocycles. The summed E-state index contributed by atoms with van der Waals surface area (Å²) in [5.41, 5.74) is 5.85. The Hall–Kier alpha value is -2.12. The third kappa shape index (κ3) is 3.08. The lowest BCUT2D eigenvalue weighted by Gasteiger charge is -2.32. The fourth-order valence-electron chi connectivity index (χ4n) is 4.21. The molecule has 0 spiro atoms. The van der Waals surface area contributed by atoms with Crippen molar-refractivity contribution in [3.63, 3.8) is 0 Å². The van der Waals surface area contributed by atoms with Gasteiger partial charge in [-0.05, 0) is 45.2 Å². The number of thiophene rings is 1. The quantitative estimate of drug-likeness (QED) is 0.315. The molecule has 1 aromatic heterocycles. The molecule has 4 rings (SSSR count). The van der Waals surface area contributed by atoms with Gasteiger partial charge in [-0.1, -0.05) is 90.1 Å². The van der Waals surface area contributed by atoms with Gasteiger partial charge in [-0.15, -0.1) is 11.3 Å². The van der Waals surface area contributed by atoms with Crippen LogP contribution in [-0.2, 0) is 10.8 Å². The van der Waals surface area contributed by atoms with Crippen molar-refractivity contribution in [2.45, 2.75) is 52.4 Å². The Morgan fingerprint density at radius 3 is 1.93 bits per heavy atom. The molecule has 138 valence electrons. The number of hydrogen-bond acceptors (Lipinski definition) is 1. The van der Waals surface area contributed by atoms with Crippen molar-refractivity contribution in [1.82, 2.24) is 0 Å². The molecule has 3 aromatic carbocycles. The lowest BCUT2D eigenvalue weighted by atomic mass is 9.72. The second-order valence-electron chi connectivity index (χ2n) is 9.51. The van der Waals surface area contributed by atoms with E-state index in [0.717, 1.165) is 0 Å². The van der Waals surface area contributed by atoms with E-state index in [1.807, 2.05) is 11.3 Å². The highest BCUT2D eigenvalue weighted by molar-refractivity contribution is 7.25. The van der Waals surface area contributed by atoms with Crippen LogP contribution in [0.4, 0.5) is 0 Å². The summed E-state index contributed by atoms with van der Waals surface area (Å²) in [6.45, 7) is 14.0. The van der Waals surface area contributed by atoms with Crippen molar-refractivity contribution in [2.75, 3.05) is 0 Å². The first-order chi connectivity index (χ1) is 12.7. The summed E-state index contributed by atoms with van der Waals surface area (Å²) >= 11 is 1.89. The molecule has 0 saturated heterocycles. The lowest BCUT2D eigenvalue weighted by molar-refractivity contribution is 0.531. The highest BCUT2D eigenvalue weighted by Gasteiger charge is 2.28. The zero-order chi connectivity index (χ0) is 19.4. The smallest absolute Gasteiger partial charge is 0.0361 e. The first kappa shape index (κ1) is 18.3. The van der Waals surface area contributed by atoms with Gasteiger partial charge in [0.1, 0.15) is 0 Å². The van der Waals surface area contributed by atoms with Gasteiger partial charge in [-0.3, -0.25) is 0 Å². The molecule has 0 aliphatic carbocycles. The summed E-state index contributed by atoms with van der Waals surface area (Å²) in [4.78, 5) is 0. The molecule has 0 aliphatic heterocycles. The molecular weight excluding hydrogens is 344 g/mol. The summed E-state index contributed by atoms with van der Waals surface area (Å²) in [6.07, 6.45) is 0. The molecule has 0 fully saturated rings. The normalized spacial score (nSPS) is 12.8. The van der Waals surface area contributed by atoms with Gasteiger partial charge in [0.2, 0.25) is 0 Å². The average Bonchev–Trinajstić information content (AvgIpc) is 2.98. The Bertz CT molecular complexity index is 1130. The van der Waals surface area contributed by atoms with Crippen LogP contribution >= 0.6 is 11.3 Å². The van der Waals surface area contributed by atoms with E-state index >= 15 is 0 Å². The SMILES string of the molecule is CC(C)(C)c1cccc(-c2cccc3sc4ccccc4c23)c1C(C)(C)C. The summed E-state index contributed by atoms with van der Waals surface area (Å²) < 4.78 is 2.74. The monoisotopic (exact) mass is 372 g/mol. The molecule has 0 aliphatic rings. The second kappa shape index (κ2) is 6.21. The van der Waals surface area contributed by atoms with Gasteiger partial charge in [0, 0.05) is 20.2 Å². The predicted octanol–water partition coefficient (Wildman–Crippen LogP) is 8.32. The van der Waals surface area contributed by atoms with E-state index < -0.39 is 0 Å². The lowest BCUT2D eigenvalue weighted by Crippen LogP contribution is -2.23. The van der Waals surface area contributed by atoms with Gasteiger partial charge in [-0.2, -0.15) is 0 Å². The van der Waals surface area contributed by atoms with E-state index in [1.54, 1.807) is 0 Å². The standard InChI is InChI=1S/C26H28S/c1-25(2,3)20-14-9-13-18(24(20)26(4,5)6)17-12-10-16-22-23(17)19-11-7-8-15-21(19)27-22/h7-16H,1-6H3. The number of rotatable bonds is 1. The Balaban J connectivity index is 2.14. The molecule has 1 heteroatoms. The molecule has 1 heterocycles. The summed E-state index contributed by atoms with van der Waals surface area (Å²) in [6, 6.07) is 22.4. The fraction of sp³-hybridized carbons (Fsp3) is 0.308. The molecule has 0 bridgehead atoms. The minimum absolute atomic E-state index is 0.0766. The minimum atomic E-state index is 0.0766. The van der Waals surface area contributed by atoms with Crippen LogP contribution in [0.15, 0.2) is 60.7 Å². The average molecular weight is 373 g/mol. The van der Waals surface area contributed by atoms with Crippen LogP contribution in [0.3, 0.4) is 0 Å². The van der Waals surface area contributed by atoms with E-state index in [-0.39, 0.29) is 10.8 Å². The Morgan fingerprint density at radius 2 is 1.22 bits per heavy atom. The number of hydrogen-bond donors (Lipinski definition) is 0. The van der Waals surface area contributed by atoms with E-state index in [2.05, 4.69) is 102 Å². The van der Waals surface area contributed by atoms with Crippen molar-refractivity contribution in [1.29, 1.82) is 0 Å². The van der Waals surface area contributed by atoms with Crippen LogP contribution in [0.25, 0.3) is 31.3 Å². The summed E-state index contributed by atoms with van der Waals surface area (Å²) in [7, 11) is 0. The zero-order valence-corrected chi connectivity index (χ0v) is 18.0. The van der Waals surface area contributed by atoms with Gasteiger partial charge in [0.15, 0.2) is 0 Å². The maximum absolute atomic E-state index is 2.34. The minimum Gasteiger partial charge on any atom is -0.135 e. The second-order valence-corrected chi connectivity index (χ2v) is 10.6. The van der Waals surface area contributed by atoms with Gasteiger partial charge >= 0.3 is 0 Å². The van der Waals surface area contributed by atoms with E-state index in [4.69, 9.17) is 0 Å². The highest BCUT2D eigenvalue weighted by Crippen LogP contribution is 2.45. The van der Waals surface area contributed by atoms with Crippen molar-refractivity contribution in [3.8, 4) is 11.1 Å². The first-order valence-electron chi connectivity index (χ1n) is 9.72. The van der Waals surface area contributed by atoms with Crippen LogP contribution in [0.5, 0.6) is 0 Å². The van der Waals surface area contributed by atoms with Crippen molar-refractivity contribution < 1.29 is 0 Å². The summed E-state index contributed by atoms with van der Waals surface area (Å²) in [5.74, 6) is 0. The molecule has 0 radical (unpaired) electrons. The molecule has 27 heavy (non-hydrogen) atoms. The molecule has 0 nitrogen and oxygen atoms in total. The molecule has 0 atom stereocenters. The summed E-state index contributed by atoms with van der Waals surface area (Å²) in [5, 5.41) is 2.77. The van der Waals surface area contributed by atoms with Gasteiger partial charge in [0.25, 0.3) is 0 Å². The van der Waals surface area contributed by atoms with E-state index in [9.17, 15) is 0 Å². The molecule has 0 N–H and O–H groups in total. The van der Waals surface area contributed by atoms with E-state index in [0.29, 0.717) is 0 Å². The van der Waals surface area contributed by atoms with Crippen molar-refractivity contribution in [3.05, 3.63) is 71.8 Å². The fourth-order valence-corrected chi connectivity index (χ4v) is 5.34. The molecule has 0 amide bonds. The van der Waals surface area contributed by atoms with E-state index in [1.165, 1.54) is 42.4 Å². The van der Waals surface area contributed by atoms with Crippen LogP contribution in [0.1, 0.15) is 52.7 Å². The van der Waals surface area contributed by atoms with Crippen molar-refractivity contribution >= 4 is 31.5 Å².